The molecule has 4 N–H and O–H groups in total. The molecule has 0 atom stereocenters. The van der Waals surface area contributed by atoms with Crippen LogP contribution in [0.5, 0.6) is 0 Å². The number of carbonyl (C=O) groups is 3. The zero-order valence-corrected chi connectivity index (χ0v) is 12.2. The van der Waals surface area contributed by atoms with E-state index >= 15 is 0 Å². The summed E-state index contributed by atoms with van der Waals surface area (Å²) in [6, 6.07) is 4.05. The van der Waals surface area contributed by atoms with Gasteiger partial charge < -0.3 is 21.1 Å². The maximum atomic E-state index is 11.7. The topological polar surface area (TPSA) is 108 Å². The van der Waals surface area contributed by atoms with Crippen molar-refractivity contribution in [3.8, 4) is 0 Å². The van der Waals surface area contributed by atoms with Gasteiger partial charge in [-0.1, -0.05) is 11.6 Å². The standard InChI is InChI=1S/C13H16ClN3O4/c1-8(18)16-5-4-15-7-12(19)17-11-6-9(13(20)21)2-3-10(11)14/h2-3,6,15H,4-5,7H2,1H3,(H,16,18)(H,17,19)(H,20,21). The third-order valence-corrected chi connectivity index (χ3v) is 2.78. The van der Waals surface area contributed by atoms with E-state index in [2.05, 4.69) is 16.0 Å². The summed E-state index contributed by atoms with van der Waals surface area (Å²) in [6.07, 6.45) is 0. The summed E-state index contributed by atoms with van der Waals surface area (Å²) < 4.78 is 0. The molecule has 1 aromatic carbocycles. The van der Waals surface area contributed by atoms with Gasteiger partial charge in [0, 0.05) is 20.0 Å². The first kappa shape index (κ1) is 16.9. The molecule has 0 bridgehead atoms. The number of halogens is 1. The third kappa shape index (κ3) is 6.24. The lowest BCUT2D eigenvalue weighted by Gasteiger charge is -2.09. The Kier molecular flexibility index (Phi) is 6.64. The van der Waals surface area contributed by atoms with Gasteiger partial charge in [-0.25, -0.2) is 4.79 Å². The average Bonchev–Trinajstić information content (AvgIpc) is 2.40. The first-order valence-corrected chi connectivity index (χ1v) is 6.56. The van der Waals surface area contributed by atoms with Crippen molar-refractivity contribution in [2.24, 2.45) is 0 Å². The number of anilines is 1. The molecule has 0 aliphatic heterocycles. The number of hydrogen-bond donors (Lipinski definition) is 4. The van der Waals surface area contributed by atoms with Crippen molar-refractivity contribution >= 4 is 35.1 Å². The van der Waals surface area contributed by atoms with Crippen LogP contribution in [0.3, 0.4) is 0 Å². The van der Waals surface area contributed by atoms with Gasteiger partial charge in [0.15, 0.2) is 0 Å². The van der Waals surface area contributed by atoms with Crippen LogP contribution in [0.4, 0.5) is 5.69 Å². The van der Waals surface area contributed by atoms with Gasteiger partial charge in [0.25, 0.3) is 0 Å². The average molecular weight is 314 g/mol. The minimum Gasteiger partial charge on any atom is -0.478 e. The van der Waals surface area contributed by atoms with Crippen LogP contribution in [0.25, 0.3) is 0 Å². The molecular weight excluding hydrogens is 298 g/mol. The molecule has 21 heavy (non-hydrogen) atoms. The van der Waals surface area contributed by atoms with Crippen molar-refractivity contribution in [1.82, 2.24) is 10.6 Å². The summed E-state index contributed by atoms with van der Waals surface area (Å²) >= 11 is 5.89. The van der Waals surface area contributed by atoms with Crippen LogP contribution >= 0.6 is 11.6 Å². The molecule has 0 saturated carbocycles. The van der Waals surface area contributed by atoms with Gasteiger partial charge in [-0.2, -0.15) is 0 Å². The number of nitrogens with one attached hydrogen (secondary N) is 3. The molecule has 0 aliphatic carbocycles. The molecule has 8 heteroatoms. The van der Waals surface area contributed by atoms with E-state index in [0.29, 0.717) is 13.1 Å². The highest BCUT2D eigenvalue weighted by atomic mass is 35.5. The molecule has 0 spiro atoms. The first-order chi connectivity index (χ1) is 9.90. The maximum Gasteiger partial charge on any atom is 0.335 e. The van der Waals surface area contributed by atoms with Gasteiger partial charge in [-0.05, 0) is 18.2 Å². The Morgan fingerprint density at radius 3 is 2.57 bits per heavy atom. The second kappa shape index (κ2) is 8.23. The quantitative estimate of drug-likeness (QED) is 0.554. The first-order valence-electron chi connectivity index (χ1n) is 6.18. The molecule has 1 aromatic rings. The number of carboxylic acid groups (broad SMARTS) is 1. The second-order valence-electron chi connectivity index (χ2n) is 4.21. The summed E-state index contributed by atoms with van der Waals surface area (Å²) in [5, 5.41) is 17.1. The molecule has 114 valence electrons. The Hall–Kier alpha value is -2.12. The van der Waals surface area contributed by atoms with E-state index in [1.54, 1.807) is 0 Å². The molecule has 0 saturated heterocycles. The number of carbonyl (C=O) groups excluding carboxylic acids is 2. The monoisotopic (exact) mass is 313 g/mol. The predicted octanol–water partition coefficient (Wildman–Crippen LogP) is 0.702. The van der Waals surface area contributed by atoms with Crippen LogP contribution in [0, 0.1) is 0 Å². The lowest BCUT2D eigenvalue weighted by atomic mass is 10.2. The fourth-order valence-electron chi connectivity index (χ4n) is 1.48. The number of hydrogen-bond acceptors (Lipinski definition) is 4. The molecule has 0 aliphatic rings. The molecule has 0 fully saturated rings. The van der Waals surface area contributed by atoms with Crippen LogP contribution in [-0.2, 0) is 9.59 Å². The minimum absolute atomic E-state index is 0.0210. The van der Waals surface area contributed by atoms with Gasteiger partial charge in [-0.15, -0.1) is 0 Å². The Morgan fingerprint density at radius 2 is 1.95 bits per heavy atom. The minimum atomic E-state index is -1.10. The summed E-state index contributed by atoms with van der Waals surface area (Å²) in [7, 11) is 0. The lowest BCUT2D eigenvalue weighted by molar-refractivity contribution is -0.118. The van der Waals surface area contributed by atoms with E-state index in [9.17, 15) is 14.4 Å². The normalized spacial score (nSPS) is 10.0. The summed E-state index contributed by atoms with van der Waals surface area (Å²) in [5.74, 6) is -1.60. The Balaban J connectivity index is 2.45. The Morgan fingerprint density at radius 1 is 1.24 bits per heavy atom. The van der Waals surface area contributed by atoms with Crippen molar-refractivity contribution < 1.29 is 19.5 Å². The zero-order chi connectivity index (χ0) is 15.8. The number of carboxylic acids is 1. The number of aromatic carboxylic acids is 1. The fourth-order valence-corrected chi connectivity index (χ4v) is 1.64. The van der Waals surface area contributed by atoms with Gasteiger partial charge in [0.1, 0.15) is 0 Å². The zero-order valence-electron chi connectivity index (χ0n) is 11.4. The Labute approximate surface area is 126 Å². The van der Waals surface area contributed by atoms with Crippen LogP contribution in [0.1, 0.15) is 17.3 Å². The predicted molar refractivity (Wildman–Crippen MR) is 78.6 cm³/mol. The van der Waals surface area contributed by atoms with Crippen molar-refractivity contribution in [2.75, 3.05) is 25.0 Å². The highest BCUT2D eigenvalue weighted by Crippen LogP contribution is 2.22. The van der Waals surface area contributed by atoms with Crippen LogP contribution in [0.2, 0.25) is 5.02 Å². The van der Waals surface area contributed by atoms with E-state index in [1.807, 2.05) is 0 Å². The van der Waals surface area contributed by atoms with Crippen molar-refractivity contribution in [3.63, 3.8) is 0 Å². The van der Waals surface area contributed by atoms with Gasteiger partial charge in [-0.3, -0.25) is 9.59 Å². The number of benzene rings is 1. The third-order valence-electron chi connectivity index (χ3n) is 2.45. The van der Waals surface area contributed by atoms with E-state index in [-0.39, 0.29) is 34.6 Å². The molecule has 0 heterocycles. The Bertz CT molecular complexity index is 548. The maximum absolute atomic E-state index is 11.7. The summed E-state index contributed by atoms with van der Waals surface area (Å²) in [6.45, 7) is 2.28. The SMILES string of the molecule is CC(=O)NCCNCC(=O)Nc1cc(C(=O)O)ccc1Cl. The molecule has 2 amide bonds. The van der Waals surface area contributed by atoms with Crippen molar-refractivity contribution in [3.05, 3.63) is 28.8 Å². The molecule has 1 rings (SSSR count). The highest BCUT2D eigenvalue weighted by Gasteiger charge is 2.09. The molecule has 0 radical (unpaired) electrons. The van der Waals surface area contributed by atoms with E-state index in [1.165, 1.54) is 25.1 Å². The summed E-state index contributed by atoms with van der Waals surface area (Å²) in [4.78, 5) is 33.1. The van der Waals surface area contributed by atoms with Crippen molar-refractivity contribution in [2.45, 2.75) is 6.92 Å². The number of rotatable bonds is 7. The van der Waals surface area contributed by atoms with Gasteiger partial charge >= 0.3 is 5.97 Å². The molecule has 0 unspecified atom stereocenters. The lowest BCUT2D eigenvalue weighted by Crippen LogP contribution is -2.34. The van der Waals surface area contributed by atoms with E-state index in [0.717, 1.165) is 0 Å². The highest BCUT2D eigenvalue weighted by molar-refractivity contribution is 6.33. The smallest absolute Gasteiger partial charge is 0.335 e. The van der Waals surface area contributed by atoms with Crippen LogP contribution in [-0.4, -0.2) is 42.5 Å². The van der Waals surface area contributed by atoms with Gasteiger partial charge in [0.2, 0.25) is 11.8 Å². The second-order valence-corrected chi connectivity index (χ2v) is 4.61. The summed E-state index contributed by atoms with van der Waals surface area (Å²) in [5.41, 5.74) is 0.276. The van der Waals surface area contributed by atoms with Crippen LogP contribution in [0.15, 0.2) is 18.2 Å². The fraction of sp³-hybridized carbons (Fsp3) is 0.308. The van der Waals surface area contributed by atoms with Gasteiger partial charge in [0.05, 0.1) is 22.8 Å². The van der Waals surface area contributed by atoms with Crippen molar-refractivity contribution in [1.29, 1.82) is 0 Å². The molecular formula is C13H16ClN3O4. The van der Waals surface area contributed by atoms with Crippen LogP contribution < -0.4 is 16.0 Å². The number of amides is 2. The van der Waals surface area contributed by atoms with E-state index < -0.39 is 5.97 Å². The largest absolute Gasteiger partial charge is 0.478 e. The van der Waals surface area contributed by atoms with E-state index in [4.69, 9.17) is 16.7 Å². The molecule has 0 aromatic heterocycles. The molecule has 7 nitrogen and oxygen atoms in total.